The van der Waals surface area contributed by atoms with Crippen molar-refractivity contribution in [3.8, 4) is 11.5 Å². The molecular formula is C20H22N4O3S. The molecule has 1 aliphatic heterocycles. The van der Waals surface area contributed by atoms with Crippen molar-refractivity contribution in [3.05, 3.63) is 52.8 Å². The van der Waals surface area contributed by atoms with Crippen molar-refractivity contribution in [2.75, 3.05) is 13.2 Å². The molecule has 8 heteroatoms. The molecule has 3 aromatic heterocycles. The highest BCUT2D eigenvalue weighted by atomic mass is 32.1. The van der Waals surface area contributed by atoms with Gasteiger partial charge < -0.3 is 14.1 Å². The summed E-state index contributed by atoms with van der Waals surface area (Å²) in [6.45, 7) is 1.92. The van der Waals surface area contributed by atoms with Gasteiger partial charge in [0, 0.05) is 55.9 Å². The van der Waals surface area contributed by atoms with Crippen LogP contribution < -0.4 is 0 Å². The first kappa shape index (κ1) is 18.8. The topological polar surface area (TPSA) is 81.4 Å². The van der Waals surface area contributed by atoms with Crippen molar-refractivity contribution in [2.24, 2.45) is 0 Å². The lowest BCUT2D eigenvalue weighted by molar-refractivity contribution is -0.133. The van der Waals surface area contributed by atoms with E-state index in [4.69, 9.17) is 9.15 Å². The standard InChI is InChI=1S/C20H22N4O3S/c25-19(4-3-18-22-23-20(27-18)16-7-11-28-14-16)24(13-17-2-1-10-26-17)12-15-5-8-21-9-6-15/h5-9,11,14,17H,1-4,10,12-13H2/t17-/m1/s1. The van der Waals surface area contributed by atoms with Crippen molar-refractivity contribution in [2.45, 2.75) is 38.3 Å². The van der Waals surface area contributed by atoms with Gasteiger partial charge in [-0.1, -0.05) is 0 Å². The van der Waals surface area contributed by atoms with E-state index in [-0.39, 0.29) is 12.0 Å². The van der Waals surface area contributed by atoms with Crippen molar-refractivity contribution in [1.29, 1.82) is 0 Å². The lowest BCUT2D eigenvalue weighted by Gasteiger charge is -2.25. The summed E-state index contributed by atoms with van der Waals surface area (Å²) in [5, 5.41) is 12.1. The molecule has 28 heavy (non-hydrogen) atoms. The number of rotatable bonds is 8. The summed E-state index contributed by atoms with van der Waals surface area (Å²) in [4.78, 5) is 18.8. The first-order valence-corrected chi connectivity index (χ1v) is 10.4. The van der Waals surface area contributed by atoms with Crippen LogP contribution in [0.1, 0.15) is 30.7 Å². The van der Waals surface area contributed by atoms with E-state index < -0.39 is 0 Å². The van der Waals surface area contributed by atoms with Crippen molar-refractivity contribution in [3.63, 3.8) is 0 Å². The fourth-order valence-corrected chi connectivity index (χ4v) is 3.86. The predicted molar refractivity (Wildman–Crippen MR) is 105 cm³/mol. The first-order valence-electron chi connectivity index (χ1n) is 9.41. The number of ether oxygens (including phenoxy) is 1. The van der Waals surface area contributed by atoms with Gasteiger partial charge in [-0.25, -0.2) is 0 Å². The van der Waals surface area contributed by atoms with Gasteiger partial charge in [-0.15, -0.1) is 10.2 Å². The van der Waals surface area contributed by atoms with E-state index in [2.05, 4.69) is 15.2 Å². The largest absolute Gasteiger partial charge is 0.421 e. The molecule has 4 heterocycles. The molecule has 1 aliphatic rings. The molecule has 0 N–H and O–H groups in total. The highest BCUT2D eigenvalue weighted by molar-refractivity contribution is 7.08. The van der Waals surface area contributed by atoms with Crippen LogP contribution in [0, 0.1) is 0 Å². The second-order valence-electron chi connectivity index (χ2n) is 6.78. The zero-order valence-electron chi connectivity index (χ0n) is 15.5. The summed E-state index contributed by atoms with van der Waals surface area (Å²) < 4.78 is 11.4. The molecule has 0 aromatic carbocycles. The minimum absolute atomic E-state index is 0.0580. The molecule has 7 nitrogen and oxygen atoms in total. The van der Waals surface area contributed by atoms with Crippen LogP contribution in [0.2, 0.25) is 0 Å². The molecule has 0 saturated carbocycles. The van der Waals surface area contributed by atoms with Crippen LogP contribution >= 0.6 is 11.3 Å². The van der Waals surface area contributed by atoms with Crippen LogP contribution in [0.15, 0.2) is 45.8 Å². The Kier molecular flexibility index (Phi) is 6.08. The molecule has 0 unspecified atom stereocenters. The minimum atomic E-state index is 0.0580. The average molecular weight is 398 g/mol. The number of aromatic nitrogens is 3. The maximum atomic E-state index is 12.9. The second kappa shape index (κ2) is 9.07. The second-order valence-corrected chi connectivity index (χ2v) is 7.56. The first-order chi connectivity index (χ1) is 13.8. The number of pyridine rings is 1. The molecule has 1 atom stereocenters. The van der Waals surface area contributed by atoms with E-state index in [9.17, 15) is 4.79 Å². The van der Waals surface area contributed by atoms with Crippen LogP contribution in [0.4, 0.5) is 0 Å². The highest BCUT2D eigenvalue weighted by Gasteiger charge is 2.23. The number of carbonyl (C=O) groups is 1. The van der Waals surface area contributed by atoms with Gasteiger partial charge in [0.1, 0.15) is 0 Å². The van der Waals surface area contributed by atoms with Gasteiger partial charge in [-0.2, -0.15) is 11.3 Å². The summed E-state index contributed by atoms with van der Waals surface area (Å²) in [7, 11) is 0. The lowest BCUT2D eigenvalue weighted by atomic mass is 10.1. The number of hydrogen-bond donors (Lipinski definition) is 0. The van der Waals surface area contributed by atoms with E-state index in [0.717, 1.165) is 30.6 Å². The smallest absolute Gasteiger partial charge is 0.248 e. The van der Waals surface area contributed by atoms with E-state index >= 15 is 0 Å². The Morgan fingerprint density at radius 2 is 2.14 bits per heavy atom. The molecule has 3 aromatic rings. The van der Waals surface area contributed by atoms with Gasteiger partial charge in [0.05, 0.1) is 6.10 Å². The number of aryl methyl sites for hydroxylation is 1. The normalized spacial score (nSPS) is 16.4. The van der Waals surface area contributed by atoms with Gasteiger partial charge in [0.25, 0.3) is 0 Å². The SMILES string of the molecule is O=C(CCc1nnc(-c2ccsc2)o1)N(Cc1ccncc1)C[C@H]1CCCO1. The zero-order chi connectivity index (χ0) is 19.2. The fourth-order valence-electron chi connectivity index (χ4n) is 3.23. The van der Waals surface area contributed by atoms with Crippen LogP contribution in [-0.4, -0.2) is 45.2 Å². The molecular weight excluding hydrogens is 376 g/mol. The van der Waals surface area contributed by atoms with Crippen LogP contribution in [-0.2, 0) is 22.5 Å². The van der Waals surface area contributed by atoms with Gasteiger partial charge >= 0.3 is 0 Å². The van der Waals surface area contributed by atoms with Crippen LogP contribution in [0.25, 0.3) is 11.5 Å². The van der Waals surface area contributed by atoms with Crippen molar-refractivity contribution in [1.82, 2.24) is 20.1 Å². The van der Waals surface area contributed by atoms with Crippen molar-refractivity contribution < 1.29 is 13.9 Å². The van der Waals surface area contributed by atoms with Crippen LogP contribution in [0.3, 0.4) is 0 Å². The quantitative estimate of drug-likeness (QED) is 0.579. The van der Waals surface area contributed by atoms with Gasteiger partial charge in [-0.3, -0.25) is 9.78 Å². The Hall–Kier alpha value is -2.58. The minimum Gasteiger partial charge on any atom is -0.421 e. The molecule has 0 radical (unpaired) electrons. The summed E-state index contributed by atoms with van der Waals surface area (Å²) >= 11 is 1.58. The Morgan fingerprint density at radius 1 is 1.25 bits per heavy atom. The third-order valence-corrected chi connectivity index (χ3v) is 5.39. The molecule has 1 fully saturated rings. The number of nitrogens with zero attached hydrogens (tertiary/aromatic N) is 4. The average Bonchev–Trinajstić information content (AvgIpc) is 3.48. The molecule has 0 bridgehead atoms. The van der Waals surface area contributed by atoms with Crippen LogP contribution in [0.5, 0.6) is 0 Å². The third kappa shape index (κ3) is 4.82. The maximum Gasteiger partial charge on any atom is 0.248 e. The third-order valence-electron chi connectivity index (χ3n) is 4.71. The van der Waals surface area contributed by atoms with Crippen molar-refractivity contribution >= 4 is 17.2 Å². The Labute approximate surface area is 167 Å². The Bertz CT molecular complexity index is 876. The predicted octanol–water partition coefficient (Wildman–Crippen LogP) is 3.33. The zero-order valence-corrected chi connectivity index (χ0v) is 16.3. The molecule has 0 aliphatic carbocycles. The fraction of sp³-hybridized carbons (Fsp3) is 0.400. The number of hydrogen-bond acceptors (Lipinski definition) is 7. The van der Waals surface area contributed by atoms with E-state index in [1.165, 1.54) is 0 Å². The maximum absolute atomic E-state index is 12.9. The summed E-state index contributed by atoms with van der Waals surface area (Å²) in [5.41, 5.74) is 1.96. The molecule has 1 saturated heterocycles. The highest BCUT2D eigenvalue weighted by Crippen LogP contribution is 2.21. The molecule has 4 rings (SSSR count). The summed E-state index contributed by atoms with van der Waals surface area (Å²) in [6, 6.07) is 5.80. The Balaban J connectivity index is 1.38. The lowest BCUT2D eigenvalue weighted by Crippen LogP contribution is -2.37. The molecule has 146 valence electrons. The van der Waals surface area contributed by atoms with E-state index in [1.807, 2.05) is 33.9 Å². The number of carbonyl (C=O) groups excluding carboxylic acids is 1. The van der Waals surface area contributed by atoms with E-state index in [0.29, 0.717) is 37.7 Å². The number of thiophene rings is 1. The molecule has 0 spiro atoms. The van der Waals surface area contributed by atoms with E-state index in [1.54, 1.807) is 23.7 Å². The Morgan fingerprint density at radius 3 is 2.89 bits per heavy atom. The summed E-state index contributed by atoms with van der Waals surface area (Å²) in [5.74, 6) is 1.04. The summed E-state index contributed by atoms with van der Waals surface area (Å²) in [6.07, 6.45) is 6.39. The molecule has 1 amide bonds. The van der Waals surface area contributed by atoms with Gasteiger partial charge in [0.2, 0.25) is 17.7 Å². The monoisotopic (exact) mass is 398 g/mol. The van der Waals surface area contributed by atoms with Gasteiger partial charge in [0.15, 0.2) is 0 Å². The number of amides is 1. The van der Waals surface area contributed by atoms with Gasteiger partial charge in [-0.05, 0) is 42.0 Å².